The zero-order valence-corrected chi connectivity index (χ0v) is 12.2. The molecule has 3 heterocycles. The van der Waals surface area contributed by atoms with E-state index in [1.54, 1.807) is 13.2 Å². The molecule has 1 unspecified atom stereocenters. The molecule has 22 heavy (non-hydrogen) atoms. The molecule has 1 atom stereocenters. The second-order valence-corrected chi connectivity index (χ2v) is 5.31. The molecule has 0 saturated carbocycles. The van der Waals surface area contributed by atoms with Crippen molar-refractivity contribution in [2.45, 2.75) is 13.0 Å². The number of nitrogens with zero attached hydrogens (tertiary/aromatic N) is 3. The molecule has 0 aliphatic carbocycles. The van der Waals surface area contributed by atoms with Crippen LogP contribution < -0.4 is 4.90 Å². The third-order valence-electron chi connectivity index (χ3n) is 3.89. The number of nitrogens with one attached hydrogen (secondary N) is 1. The summed E-state index contributed by atoms with van der Waals surface area (Å²) in [6, 6.07) is 9.58. The first-order valence-corrected chi connectivity index (χ1v) is 7.03. The van der Waals surface area contributed by atoms with Crippen molar-refractivity contribution in [3.05, 3.63) is 42.1 Å². The number of aromatic amines is 1. The number of pyridine rings is 1. The largest absolute Gasteiger partial charge is 0.441 e. The number of rotatable bonds is 1. The van der Waals surface area contributed by atoms with E-state index in [1.807, 2.05) is 37.3 Å². The number of ether oxygens (including phenoxy) is 1. The molecule has 3 aromatic rings. The number of carbonyl (C=O) groups excluding carboxylic acids is 1. The van der Waals surface area contributed by atoms with Gasteiger partial charge in [-0.2, -0.15) is 0 Å². The normalized spacial score (nSPS) is 17.5. The minimum atomic E-state index is -0.347. The van der Waals surface area contributed by atoms with Gasteiger partial charge in [0.2, 0.25) is 0 Å². The first-order valence-electron chi connectivity index (χ1n) is 7.03. The number of aromatic nitrogens is 3. The Hall–Kier alpha value is -2.89. The van der Waals surface area contributed by atoms with Crippen LogP contribution in [-0.2, 0) is 4.74 Å². The summed E-state index contributed by atoms with van der Waals surface area (Å²) < 4.78 is 5.31. The van der Waals surface area contributed by atoms with E-state index >= 15 is 0 Å². The first-order chi connectivity index (χ1) is 10.6. The highest BCUT2D eigenvalue weighted by atomic mass is 16.6. The number of H-pyrrole nitrogens is 1. The maximum Gasteiger partial charge on any atom is 0.414 e. The average Bonchev–Trinajstić information content (AvgIpc) is 2.95. The smallest absolute Gasteiger partial charge is 0.414 e. The predicted molar refractivity (Wildman–Crippen MR) is 82.6 cm³/mol. The topological polar surface area (TPSA) is 71.1 Å². The van der Waals surface area contributed by atoms with Crippen LogP contribution in [0.4, 0.5) is 10.5 Å². The van der Waals surface area contributed by atoms with E-state index in [1.165, 1.54) is 4.90 Å². The summed E-state index contributed by atoms with van der Waals surface area (Å²) >= 11 is 0. The van der Waals surface area contributed by atoms with Gasteiger partial charge in [0.15, 0.2) is 5.82 Å². The second kappa shape index (κ2) is 4.56. The Morgan fingerprint density at radius 3 is 2.95 bits per heavy atom. The van der Waals surface area contributed by atoms with Crippen molar-refractivity contribution in [1.29, 1.82) is 0 Å². The summed E-state index contributed by atoms with van der Waals surface area (Å²) in [7, 11) is 1.70. The molecular formula is C16H14N4O2. The Bertz CT molecular complexity index is 872. The van der Waals surface area contributed by atoms with Gasteiger partial charge in [-0.05, 0) is 31.2 Å². The van der Waals surface area contributed by atoms with Gasteiger partial charge in [-0.1, -0.05) is 6.07 Å². The van der Waals surface area contributed by atoms with Crippen molar-refractivity contribution < 1.29 is 9.53 Å². The SMILES string of the molecule is CC1OC(=O)N(C)c2cc3nc(-c4ccccn4)[nH]c3cc21. The van der Waals surface area contributed by atoms with Gasteiger partial charge < -0.3 is 9.72 Å². The van der Waals surface area contributed by atoms with E-state index in [2.05, 4.69) is 15.0 Å². The van der Waals surface area contributed by atoms with Crippen LogP contribution in [0.15, 0.2) is 36.5 Å². The van der Waals surface area contributed by atoms with Crippen LogP contribution in [0, 0.1) is 0 Å². The molecule has 1 aliphatic rings. The van der Waals surface area contributed by atoms with E-state index in [-0.39, 0.29) is 12.2 Å². The minimum absolute atomic E-state index is 0.273. The highest BCUT2D eigenvalue weighted by molar-refractivity contribution is 5.94. The highest BCUT2D eigenvalue weighted by Crippen LogP contribution is 2.36. The number of hydrogen-bond donors (Lipinski definition) is 1. The second-order valence-electron chi connectivity index (χ2n) is 5.31. The Morgan fingerprint density at radius 2 is 2.18 bits per heavy atom. The molecule has 1 amide bonds. The third-order valence-corrected chi connectivity index (χ3v) is 3.89. The van der Waals surface area contributed by atoms with Gasteiger partial charge in [-0.25, -0.2) is 9.78 Å². The fraction of sp³-hybridized carbons (Fsp3) is 0.188. The predicted octanol–water partition coefficient (Wildman–Crippen LogP) is 3.27. The average molecular weight is 294 g/mol. The number of imidazole rings is 1. The zero-order chi connectivity index (χ0) is 15.3. The quantitative estimate of drug-likeness (QED) is 0.747. The summed E-state index contributed by atoms with van der Waals surface area (Å²) in [6.07, 6.45) is 1.11. The van der Waals surface area contributed by atoms with Crippen LogP contribution in [0.3, 0.4) is 0 Å². The number of carbonyl (C=O) groups is 1. The van der Waals surface area contributed by atoms with Gasteiger partial charge in [0.05, 0.1) is 16.7 Å². The first kappa shape index (κ1) is 12.8. The van der Waals surface area contributed by atoms with E-state index in [0.717, 1.165) is 28.0 Å². The molecule has 2 aromatic heterocycles. The monoisotopic (exact) mass is 294 g/mol. The zero-order valence-electron chi connectivity index (χ0n) is 12.2. The fourth-order valence-electron chi connectivity index (χ4n) is 2.69. The number of hydrogen-bond acceptors (Lipinski definition) is 4. The van der Waals surface area contributed by atoms with Crippen molar-refractivity contribution in [2.75, 3.05) is 11.9 Å². The van der Waals surface area contributed by atoms with Crippen molar-refractivity contribution in [2.24, 2.45) is 0 Å². The van der Waals surface area contributed by atoms with Crippen LogP contribution in [0.1, 0.15) is 18.6 Å². The molecule has 4 rings (SSSR count). The lowest BCUT2D eigenvalue weighted by atomic mass is 10.1. The lowest BCUT2D eigenvalue weighted by molar-refractivity contribution is 0.109. The third kappa shape index (κ3) is 1.84. The molecule has 1 aliphatic heterocycles. The van der Waals surface area contributed by atoms with Gasteiger partial charge in [-0.3, -0.25) is 9.88 Å². The van der Waals surface area contributed by atoms with Crippen molar-refractivity contribution in [3.8, 4) is 11.5 Å². The molecule has 0 radical (unpaired) electrons. The van der Waals surface area contributed by atoms with Gasteiger partial charge >= 0.3 is 6.09 Å². The number of amides is 1. The maximum absolute atomic E-state index is 11.8. The van der Waals surface area contributed by atoms with E-state index in [9.17, 15) is 4.79 Å². The van der Waals surface area contributed by atoms with Gasteiger partial charge in [0.1, 0.15) is 11.8 Å². The standard InChI is InChI=1S/C16H14N4O2/c1-9-10-7-12-13(8-14(10)20(2)16(21)22-9)19-15(18-12)11-5-3-4-6-17-11/h3-9H,1-2H3,(H,18,19). The van der Waals surface area contributed by atoms with E-state index < -0.39 is 0 Å². The van der Waals surface area contributed by atoms with Crippen LogP contribution in [0.5, 0.6) is 0 Å². The molecule has 0 saturated heterocycles. The Balaban J connectivity index is 1.90. The fourth-order valence-corrected chi connectivity index (χ4v) is 2.69. The lowest BCUT2D eigenvalue weighted by Gasteiger charge is -2.29. The summed E-state index contributed by atoms with van der Waals surface area (Å²) in [5, 5.41) is 0. The Labute approximate surface area is 126 Å². The number of cyclic esters (lactones) is 1. The summed E-state index contributed by atoms with van der Waals surface area (Å²) in [6.45, 7) is 1.87. The van der Waals surface area contributed by atoms with Crippen LogP contribution >= 0.6 is 0 Å². The summed E-state index contributed by atoms with van der Waals surface area (Å²) in [5.41, 5.74) is 4.28. The molecule has 1 aromatic carbocycles. The molecule has 1 N–H and O–H groups in total. The molecule has 6 nitrogen and oxygen atoms in total. The minimum Gasteiger partial charge on any atom is -0.441 e. The van der Waals surface area contributed by atoms with Gasteiger partial charge in [-0.15, -0.1) is 0 Å². The van der Waals surface area contributed by atoms with Crippen molar-refractivity contribution in [3.63, 3.8) is 0 Å². The van der Waals surface area contributed by atoms with Crippen LogP contribution in [0.2, 0.25) is 0 Å². The van der Waals surface area contributed by atoms with Crippen LogP contribution in [-0.4, -0.2) is 28.1 Å². The Kier molecular flexibility index (Phi) is 2.66. The maximum atomic E-state index is 11.8. The number of anilines is 1. The molecule has 0 bridgehead atoms. The summed E-state index contributed by atoms with van der Waals surface area (Å²) in [5.74, 6) is 0.709. The number of benzene rings is 1. The molecular weight excluding hydrogens is 280 g/mol. The lowest BCUT2D eigenvalue weighted by Crippen LogP contribution is -2.33. The molecule has 0 spiro atoms. The molecule has 110 valence electrons. The number of fused-ring (bicyclic) bond motifs is 2. The Morgan fingerprint density at radius 1 is 1.32 bits per heavy atom. The summed E-state index contributed by atoms with van der Waals surface area (Å²) in [4.78, 5) is 25.5. The molecule has 6 heteroatoms. The molecule has 0 fully saturated rings. The van der Waals surface area contributed by atoms with Crippen molar-refractivity contribution in [1.82, 2.24) is 15.0 Å². The van der Waals surface area contributed by atoms with Gasteiger partial charge in [0.25, 0.3) is 0 Å². The van der Waals surface area contributed by atoms with Crippen molar-refractivity contribution >= 4 is 22.8 Å². The van der Waals surface area contributed by atoms with E-state index in [4.69, 9.17) is 4.74 Å². The highest BCUT2D eigenvalue weighted by Gasteiger charge is 2.28. The van der Waals surface area contributed by atoms with E-state index in [0.29, 0.717) is 5.82 Å². The van der Waals surface area contributed by atoms with Crippen LogP contribution in [0.25, 0.3) is 22.6 Å². The van der Waals surface area contributed by atoms with Gasteiger partial charge in [0, 0.05) is 18.8 Å².